The van der Waals surface area contributed by atoms with Crippen LogP contribution < -0.4 is 0 Å². The van der Waals surface area contributed by atoms with Crippen molar-refractivity contribution in [2.75, 3.05) is 19.6 Å². The van der Waals surface area contributed by atoms with E-state index in [9.17, 15) is 14.7 Å². The van der Waals surface area contributed by atoms with Crippen molar-refractivity contribution < 1.29 is 14.7 Å². The van der Waals surface area contributed by atoms with Gasteiger partial charge in [0.05, 0.1) is 5.92 Å². The topological polar surface area (TPSA) is 60.9 Å². The zero-order chi connectivity index (χ0) is 15.4. The molecule has 1 heterocycles. The summed E-state index contributed by atoms with van der Waals surface area (Å²) in [6.45, 7) is 6.11. The van der Waals surface area contributed by atoms with Crippen LogP contribution >= 0.6 is 0 Å². The maximum Gasteiger partial charge on any atom is 0.320 e. The van der Waals surface area contributed by atoms with Gasteiger partial charge < -0.3 is 14.9 Å². The van der Waals surface area contributed by atoms with Gasteiger partial charge in [-0.15, -0.1) is 0 Å². The molecule has 2 amide bonds. The highest BCUT2D eigenvalue weighted by Gasteiger charge is 2.34. The van der Waals surface area contributed by atoms with Gasteiger partial charge in [0.1, 0.15) is 0 Å². The molecule has 21 heavy (non-hydrogen) atoms. The number of likely N-dealkylation sites (tertiary alicyclic amines) is 1. The van der Waals surface area contributed by atoms with Crippen molar-refractivity contribution >= 4 is 12.0 Å². The second-order valence-electron chi connectivity index (χ2n) is 6.89. The summed E-state index contributed by atoms with van der Waals surface area (Å²) in [6.07, 6.45) is 6.06. The highest BCUT2D eigenvalue weighted by atomic mass is 16.4. The van der Waals surface area contributed by atoms with Gasteiger partial charge in [-0.3, -0.25) is 4.79 Å². The lowest BCUT2D eigenvalue weighted by Gasteiger charge is -2.38. The number of aliphatic carboxylic acids is 1. The van der Waals surface area contributed by atoms with Crippen LogP contribution in [0.2, 0.25) is 0 Å². The number of hydrogen-bond donors (Lipinski definition) is 1. The van der Waals surface area contributed by atoms with E-state index in [1.54, 1.807) is 4.90 Å². The first-order valence-electron chi connectivity index (χ1n) is 8.27. The second-order valence-corrected chi connectivity index (χ2v) is 6.89. The average Bonchev–Trinajstić information content (AvgIpc) is 2.98. The quantitative estimate of drug-likeness (QED) is 0.867. The van der Waals surface area contributed by atoms with Gasteiger partial charge in [-0.2, -0.15) is 0 Å². The molecule has 0 spiro atoms. The van der Waals surface area contributed by atoms with Crippen LogP contribution in [0.25, 0.3) is 0 Å². The van der Waals surface area contributed by atoms with Crippen LogP contribution in [0.15, 0.2) is 0 Å². The van der Waals surface area contributed by atoms with E-state index in [0.29, 0.717) is 31.5 Å². The molecule has 1 saturated carbocycles. The van der Waals surface area contributed by atoms with Crippen LogP contribution in [0.5, 0.6) is 0 Å². The smallest absolute Gasteiger partial charge is 0.320 e. The third-order valence-electron chi connectivity index (χ3n) is 4.61. The molecule has 5 nitrogen and oxygen atoms in total. The number of carboxylic acid groups (broad SMARTS) is 1. The van der Waals surface area contributed by atoms with E-state index in [-0.39, 0.29) is 6.03 Å². The van der Waals surface area contributed by atoms with E-state index in [1.165, 1.54) is 12.8 Å². The fourth-order valence-electron chi connectivity index (χ4n) is 3.53. The minimum atomic E-state index is -0.774. The Bertz CT molecular complexity index is 378. The third kappa shape index (κ3) is 4.11. The molecule has 0 aromatic rings. The molecule has 120 valence electrons. The predicted molar refractivity (Wildman–Crippen MR) is 81.1 cm³/mol. The normalized spacial score (nSPS) is 23.6. The zero-order valence-corrected chi connectivity index (χ0v) is 13.3. The fourth-order valence-corrected chi connectivity index (χ4v) is 3.53. The van der Waals surface area contributed by atoms with Crippen molar-refractivity contribution in [3.8, 4) is 0 Å². The number of hydrogen-bond acceptors (Lipinski definition) is 2. The number of amides is 2. The summed E-state index contributed by atoms with van der Waals surface area (Å²) < 4.78 is 0. The van der Waals surface area contributed by atoms with Crippen molar-refractivity contribution in [2.24, 2.45) is 11.8 Å². The maximum atomic E-state index is 12.8. The predicted octanol–water partition coefficient (Wildman–Crippen LogP) is 2.80. The summed E-state index contributed by atoms with van der Waals surface area (Å²) in [7, 11) is 0. The molecule has 0 bridgehead atoms. The summed E-state index contributed by atoms with van der Waals surface area (Å²) in [5.74, 6) is -0.731. The summed E-state index contributed by atoms with van der Waals surface area (Å²) in [5.41, 5.74) is 0. The van der Waals surface area contributed by atoms with Crippen LogP contribution in [-0.2, 0) is 4.79 Å². The number of nitrogens with zero attached hydrogens (tertiary/aromatic N) is 2. The average molecular weight is 296 g/mol. The molecule has 0 radical (unpaired) electrons. The molecular formula is C16H28N2O3. The Morgan fingerprint density at radius 2 is 1.86 bits per heavy atom. The molecule has 5 heteroatoms. The number of urea groups is 1. The largest absolute Gasteiger partial charge is 0.481 e. The molecule has 2 fully saturated rings. The monoisotopic (exact) mass is 296 g/mol. The fraction of sp³-hybridized carbons (Fsp3) is 0.875. The van der Waals surface area contributed by atoms with Crippen molar-refractivity contribution in [3.05, 3.63) is 0 Å². The Balaban J connectivity index is 2.04. The standard InChI is InChI=1S/C16H28N2O3/c1-12(2)10-18(14-7-3-4-8-14)16(21)17-9-5-6-13(11-17)15(19)20/h12-14H,3-11H2,1-2H3,(H,19,20)/t13-/m1/s1. The van der Waals surface area contributed by atoms with Gasteiger partial charge in [0.2, 0.25) is 0 Å². The summed E-state index contributed by atoms with van der Waals surface area (Å²) >= 11 is 0. The van der Waals surface area contributed by atoms with Crippen LogP contribution in [0.3, 0.4) is 0 Å². The Morgan fingerprint density at radius 3 is 2.43 bits per heavy atom. The van der Waals surface area contributed by atoms with Gasteiger partial charge in [-0.25, -0.2) is 4.79 Å². The SMILES string of the molecule is CC(C)CN(C(=O)N1CCC[C@@H](C(=O)O)C1)C1CCCC1. The Morgan fingerprint density at radius 1 is 1.19 bits per heavy atom. The molecule has 1 atom stereocenters. The van der Waals surface area contributed by atoms with Crippen LogP contribution in [0, 0.1) is 11.8 Å². The number of piperidine rings is 1. The van der Waals surface area contributed by atoms with Gasteiger partial charge in [0.25, 0.3) is 0 Å². The number of carbonyl (C=O) groups is 2. The van der Waals surface area contributed by atoms with E-state index in [1.807, 2.05) is 4.90 Å². The van der Waals surface area contributed by atoms with Crippen molar-refractivity contribution in [3.63, 3.8) is 0 Å². The number of carbonyl (C=O) groups excluding carboxylic acids is 1. The van der Waals surface area contributed by atoms with E-state index >= 15 is 0 Å². The zero-order valence-electron chi connectivity index (χ0n) is 13.3. The minimum absolute atomic E-state index is 0.0570. The number of rotatable bonds is 4. The van der Waals surface area contributed by atoms with E-state index in [4.69, 9.17) is 0 Å². The molecular weight excluding hydrogens is 268 g/mol. The highest BCUT2D eigenvalue weighted by molar-refractivity contribution is 5.77. The van der Waals surface area contributed by atoms with E-state index < -0.39 is 11.9 Å². The molecule has 2 rings (SSSR count). The first-order chi connectivity index (χ1) is 9.99. The highest BCUT2D eigenvalue weighted by Crippen LogP contribution is 2.27. The molecule has 1 saturated heterocycles. The van der Waals surface area contributed by atoms with Gasteiger partial charge in [-0.1, -0.05) is 26.7 Å². The lowest BCUT2D eigenvalue weighted by Crippen LogP contribution is -2.52. The second kappa shape index (κ2) is 7.14. The molecule has 1 aliphatic heterocycles. The van der Waals surface area contributed by atoms with Crippen molar-refractivity contribution in [2.45, 2.75) is 58.4 Å². The number of carboxylic acids is 1. The Hall–Kier alpha value is -1.26. The lowest BCUT2D eigenvalue weighted by molar-refractivity contribution is -0.143. The lowest BCUT2D eigenvalue weighted by atomic mass is 9.98. The molecule has 0 aromatic carbocycles. The molecule has 1 N–H and O–H groups in total. The minimum Gasteiger partial charge on any atom is -0.481 e. The van der Waals surface area contributed by atoms with Crippen molar-refractivity contribution in [1.29, 1.82) is 0 Å². The van der Waals surface area contributed by atoms with E-state index in [0.717, 1.165) is 25.8 Å². The molecule has 0 aromatic heterocycles. The van der Waals surface area contributed by atoms with E-state index in [2.05, 4.69) is 13.8 Å². The molecule has 1 aliphatic carbocycles. The molecule has 2 aliphatic rings. The van der Waals surface area contributed by atoms with Gasteiger partial charge in [0, 0.05) is 25.7 Å². The third-order valence-corrected chi connectivity index (χ3v) is 4.61. The first-order valence-corrected chi connectivity index (χ1v) is 8.27. The van der Waals surface area contributed by atoms with Crippen LogP contribution in [-0.4, -0.2) is 52.6 Å². The van der Waals surface area contributed by atoms with Gasteiger partial charge in [0.15, 0.2) is 0 Å². The first kappa shape index (κ1) is 16.1. The Labute approximate surface area is 127 Å². The Kier molecular flexibility index (Phi) is 5.48. The van der Waals surface area contributed by atoms with Gasteiger partial charge >= 0.3 is 12.0 Å². The van der Waals surface area contributed by atoms with Crippen LogP contribution in [0.1, 0.15) is 52.4 Å². The summed E-state index contributed by atoms with van der Waals surface area (Å²) in [5, 5.41) is 9.18. The van der Waals surface area contributed by atoms with Gasteiger partial charge in [-0.05, 0) is 31.6 Å². The van der Waals surface area contributed by atoms with Crippen molar-refractivity contribution in [1.82, 2.24) is 9.80 Å². The van der Waals surface area contributed by atoms with Crippen LogP contribution in [0.4, 0.5) is 4.79 Å². The summed E-state index contributed by atoms with van der Waals surface area (Å²) in [6, 6.07) is 0.409. The maximum absolute atomic E-state index is 12.8. The summed E-state index contributed by atoms with van der Waals surface area (Å²) in [4.78, 5) is 27.8. The molecule has 0 unspecified atom stereocenters.